The molecule has 0 saturated carbocycles. The highest BCUT2D eigenvalue weighted by Gasteiger charge is 2.30. The number of non-ortho nitro benzene ring substituents is 1. The minimum Gasteiger partial charge on any atom is -1.00 e. The maximum absolute atomic E-state index is 10.8. The van der Waals surface area contributed by atoms with E-state index in [9.17, 15) is 10.1 Å². The predicted octanol–water partition coefficient (Wildman–Crippen LogP) is 0.450. The SMILES string of the molecule is O=[N+]([O-])c1ccc(-c2cn(-c3ccccc3)c3[n+]2CCS3)cc1.[Br-]. The van der Waals surface area contributed by atoms with E-state index in [1.54, 1.807) is 12.1 Å². The molecule has 0 N–H and O–H groups in total. The lowest BCUT2D eigenvalue weighted by molar-refractivity contribution is -0.713. The van der Waals surface area contributed by atoms with Crippen molar-refractivity contribution in [3.63, 3.8) is 0 Å². The van der Waals surface area contributed by atoms with Crippen LogP contribution >= 0.6 is 11.8 Å². The van der Waals surface area contributed by atoms with E-state index in [-0.39, 0.29) is 27.6 Å². The molecule has 2 heterocycles. The predicted molar refractivity (Wildman–Crippen MR) is 88.8 cm³/mol. The van der Waals surface area contributed by atoms with Crippen LogP contribution in [0.3, 0.4) is 0 Å². The number of benzene rings is 2. The number of halogens is 1. The molecule has 0 amide bonds. The van der Waals surface area contributed by atoms with Gasteiger partial charge in [-0.1, -0.05) is 18.2 Å². The van der Waals surface area contributed by atoms with Crippen LogP contribution in [-0.2, 0) is 6.54 Å². The average Bonchev–Trinajstić information content (AvgIpc) is 3.18. The lowest BCUT2D eigenvalue weighted by atomic mass is 10.1. The van der Waals surface area contributed by atoms with Crippen LogP contribution < -0.4 is 21.5 Å². The molecule has 0 bridgehead atoms. The first kappa shape index (κ1) is 16.7. The van der Waals surface area contributed by atoms with Gasteiger partial charge in [-0.15, -0.1) is 0 Å². The number of nitro groups is 1. The van der Waals surface area contributed by atoms with Gasteiger partial charge in [0, 0.05) is 23.4 Å². The molecule has 3 aromatic rings. The third kappa shape index (κ3) is 2.85. The molecule has 5 nitrogen and oxygen atoms in total. The molecule has 1 aliphatic rings. The van der Waals surface area contributed by atoms with Crippen molar-refractivity contribution >= 4 is 17.4 Å². The molecule has 0 saturated heterocycles. The third-order valence-corrected chi connectivity index (χ3v) is 5.00. The van der Waals surface area contributed by atoms with Gasteiger partial charge < -0.3 is 17.0 Å². The van der Waals surface area contributed by atoms with Crippen molar-refractivity contribution in [1.29, 1.82) is 0 Å². The monoisotopic (exact) mass is 403 g/mol. The Bertz CT molecular complexity index is 879. The van der Waals surface area contributed by atoms with E-state index in [0.717, 1.165) is 29.2 Å². The maximum atomic E-state index is 10.8. The van der Waals surface area contributed by atoms with Gasteiger partial charge in [-0.2, -0.15) is 4.57 Å². The first-order valence-electron chi connectivity index (χ1n) is 7.32. The van der Waals surface area contributed by atoms with E-state index in [2.05, 4.69) is 27.5 Å². The second-order valence-corrected chi connectivity index (χ2v) is 6.37. The van der Waals surface area contributed by atoms with Crippen LogP contribution in [-0.4, -0.2) is 15.2 Å². The normalized spacial score (nSPS) is 12.5. The van der Waals surface area contributed by atoms with Crippen LogP contribution in [0.2, 0.25) is 0 Å². The average molecular weight is 404 g/mol. The lowest BCUT2D eigenvalue weighted by Crippen LogP contribution is -3.00. The van der Waals surface area contributed by atoms with Gasteiger partial charge in [0.25, 0.3) is 5.69 Å². The number of rotatable bonds is 3. The number of para-hydroxylation sites is 1. The summed E-state index contributed by atoms with van der Waals surface area (Å²) in [6.45, 7) is 0.951. The fourth-order valence-electron chi connectivity index (χ4n) is 2.83. The molecule has 0 aliphatic carbocycles. The highest BCUT2D eigenvalue weighted by molar-refractivity contribution is 7.99. The van der Waals surface area contributed by atoms with Gasteiger partial charge in [0.05, 0.1) is 4.92 Å². The number of hydrogen-bond acceptors (Lipinski definition) is 3. The van der Waals surface area contributed by atoms with Crippen molar-refractivity contribution in [2.75, 3.05) is 5.75 Å². The molecule has 7 heteroatoms. The molecule has 0 radical (unpaired) electrons. The van der Waals surface area contributed by atoms with Crippen LogP contribution in [0.1, 0.15) is 0 Å². The van der Waals surface area contributed by atoms with Gasteiger partial charge in [0.2, 0.25) is 0 Å². The topological polar surface area (TPSA) is 52.0 Å². The maximum Gasteiger partial charge on any atom is 0.323 e. The van der Waals surface area contributed by atoms with Crippen molar-refractivity contribution < 1.29 is 26.5 Å². The van der Waals surface area contributed by atoms with Crippen molar-refractivity contribution in [3.05, 3.63) is 70.9 Å². The smallest absolute Gasteiger partial charge is 0.323 e. The standard InChI is InChI=1S/C17H14N3O2S.BrH/c21-20(22)15-8-6-13(7-9-15)16-12-19(14-4-2-1-3-5-14)17-18(16)10-11-23-17;/h1-9,12H,10-11H2;1H/q+1;/p-1. The van der Waals surface area contributed by atoms with Gasteiger partial charge in [-0.05, 0) is 36.0 Å². The zero-order chi connectivity index (χ0) is 15.8. The van der Waals surface area contributed by atoms with Crippen molar-refractivity contribution in [2.24, 2.45) is 0 Å². The van der Waals surface area contributed by atoms with Gasteiger partial charge in [-0.3, -0.25) is 10.1 Å². The van der Waals surface area contributed by atoms with Crippen LogP contribution in [0.4, 0.5) is 5.69 Å². The Labute approximate surface area is 153 Å². The Kier molecular flexibility index (Phi) is 4.73. The van der Waals surface area contributed by atoms with Crippen LogP contribution in [0.5, 0.6) is 0 Å². The molecule has 4 rings (SSSR count). The largest absolute Gasteiger partial charge is 1.00 e. The molecule has 1 aliphatic heterocycles. The number of thioether (sulfide) groups is 1. The molecule has 0 unspecified atom stereocenters. The molecular weight excluding hydrogens is 390 g/mol. The quantitative estimate of drug-likeness (QED) is 0.362. The first-order chi connectivity index (χ1) is 11.2. The minimum absolute atomic E-state index is 0. The molecule has 24 heavy (non-hydrogen) atoms. The number of nitrogens with zero attached hydrogens (tertiary/aromatic N) is 3. The van der Waals surface area contributed by atoms with Crippen LogP contribution in [0, 0.1) is 10.1 Å². The van der Waals surface area contributed by atoms with E-state index in [4.69, 9.17) is 0 Å². The fourth-order valence-corrected chi connectivity index (χ4v) is 3.93. The highest BCUT2D eigenvalue weighted by Crippen LogP contribution is 2.30. The van der Waals surface area contributed by atoms with E-state index in [1.165, 1.54) is 5.16 Å². The summed E-state index contributed by atoms with van der Waals surface area (Å²) in [6.07, 6.45) is 2.11. The Hall–Kier alpha value is -2.12. The molecule has 0 spiro atoms. The second kappa shape index (κ2) is 6.78. The summed E-state index contributed by atoms with van der Waals surface area (Å²) in [4.78, 5) is 10.4. The Morgan fingerprint density at radius 1 is 1.08 bits per heavy atom. The third-order valence-electron chi connectivity index (χ3n) is 3.93. The van der Waals surface area contributed by atoms with E-state index >= 15 is 0 Å². The zero-order valence-electron chi connectivity index (χ0n) is 12.6. The molecular formula is C17H14BrN3O2S. The van der Waals surface area contributed by atoms with Gasteiger partial charge in [-0.25, -0.2) is 4.57 Å². The molecule has 122 valence electrons. The number of imidazole rings is 1. The zero-order valence-corrected chi connectivity index (χ0v) is 15.0. The summed E-state index contributed by atoms with van der Waals surface area (Å²) in [6, 6.07) is 17.0. The summed E-state index contributed by atoms with van der Waals surface area (Å²) in [7, 11) is 0. The van der Waals surface area contributed by atoms with Gasteiger partial charge >= 0.3 is 5.16 Å². The van der Waals surface area contributed by atoms with Crippen LogP contribution in [0.25, 0.3) is 16.9 Å². The number of nitro benzene ring substituents is 1. The summed E-state index contributed by atoms with van der Waals surface area (Å²) < 4.78 is 4.47. The Morgan fingerprint density at radius 2 is 1.79 bits per heavy atom. The summed E-state index contributed by atoms with van der Waals surface area (Å²) in [5, 5.41) is 12.0. The fraction of sp³-hybridized carbons (Fsp3) is 0.118. The number of aromatic nitrogens is 2. The second-order valence-electron chi connectivity index (χ2n) is 5.31. The highest BCUT2D eigenvalue weighted by atomic mass is 79.9. The van der Waals surface area contributed by atoms with E-state index in [1.807, 2.05) is 42.1 Å². The molecule has 0 atom stereocenters. The van der Waals surface area contributed by atoms with Crippen molar-refractivity contribution in [1.82, 2.24) is 4.57 Å². The van der Waals surface area contributed by atoms with Crippen molar-refractivity contribution in [3.8, 4) is 16.9 Å². The number of fused-ring (bicyclic) bond motifs is 1. The molecule has 2 aromatic carbocycles. The molecule has 0 fully saturated rings. The van der Waals surface area contributed by atoms with Gasteiger partial charge in [0.15, 0.2) is 5.69 Å². The van der Waals surface area contributed by atoms with E-state index in [0.29, 0.717) is 0 Å². The van der Waals surface area contributed by atoms with Gasteiger partial charge in [0.1, 0.15) is 18.4 Å². The molecule has 1 aromatic heterocycles. The first-order valence-corrected chi connectivity index (χ1v) is 8.31. The van der Waals surface area contributed by atoms with Crippen molar-refractivity contribution in [2.45, 2.75) is 11.7 Å². The summed E-state index contributed by atoms with van der Waals surface area (Å²) >= 11 is 1.83. The van der Waals surface area contributed by atoms with E-state index < -0.39 is 0 Å². The Morgan fingerprint density at radius 3 is 2.46 bits per heavy atom. The summed E-state index contributed by atoms with van der Waals surface area (Å²) in [5.41, 5.74) is 3.32. The number of hydrogen-bond donors (Lipinski definition) is 0. The summed E-state index contributed by atoms with van der Waals surface area (Å²) in [5.74, 6) is 1.04. The minimum atomic E-state index is -0.369. The lowest BCUT2D eigenvalue weighted by Gasteiger charge is -1.97. The Balaban J connectivity index is 0.00000169. The van der Waals surface area contributed by atoms with Crippen LogP contribution in [0.15, 0.2) is 66.0 Å².